The van der Waals surface area contributed by atoms with Crippen molar-refractivity contribution in [1.82, 2.24) is 4.98 Å². The second-order valence-corrected chi connectivity index (χ2v) is 4.44. The Kier molecular flexibility index (Phi) is 4.02. The van der Waals surface area contributed by atoms with Crippen molar-refractivity contribution in [2.45, 2.75) is 6.92 Å². The van der Waals surface area contributed by atoms with Gasteiger partial charge < -0.3 is 10.6 Å². The van der Waals surface area contributed by atoms with Crippen LogP contribution < -0.4 is 10.6 Å². The highest BCUT2D eigenvalue weighted by atomic mass is 35.5. The molecule has 0 aliphatic carbocycles. The first-order chi connectivity index (χ1) is 9.13. The fourth-order valence-electron chi connectivity index (χ4n) is 1.72. The zero-order chi connectivity index (χ0) is 13.8. The summed E-state index contributed by atoms with van der Waals surface area (Å²) < 4.78 is 0. The Morgan fingerprint density at radius 1 is 1.26 bits per heavy atom. The molecule has 0 unspecified atom stereocenters. The maximum Gasteiger partial charge on any atom is 0.257 e. The lowest BCUT2D eigenvalue weighted by Gasteiger charge is -2.11. The molecule has 19 heavy (non-hydrogen) atoms. The molecule has 0 bridgehead atoms. The van der Waals surface area contributed by atoms with Gasteiger partial charge in [-0.25, -0.2) is 0 Å². The number of amides is 1. The van der Waals surface area contributed by atoms with Crippen LogP contribution in [0.5, 0.6) is 0 Å². The average Bonchev–Trinajstić information content (AvgIpc) is 2.43. The van der Waals surface area contributed by atoms with Crippen molar-refractivity contribution >= 4 is 28.9 Å². The van der Waals surface area contributed by atoms with Crippen LogP contribution in [0.4, 0.5) is 11.4 Å². The summed E-state index contributed by atoms with van der Waals surface area (Å²) in [6.45, 7) is 1.86. The lowest BCUT2D eigenvalue weighted by atomic mass is 10.1. The molecule has 0 spiro atoms. The van der Waals surface area contributed by atoms with E-state index in [2.05, 4.69) is 15.6 Å². The number of nitrogens with zero attached hydrogens (tertiary/aromatic N) is 1. The molecule has 98 valence electrons. The van der Waals surface area contributed by atoms with Gasteiger partial charge in [0.15, 0.2) is 0 Å². The number of hydrogen-bond acceptors (Lipinski definition) is 3. The number of rotatable bonds is 3. The molecule has 1 aromatic heterocycles. The van der Waals surface area contributed by atoms with Crippen molar-refractivity contribution in [2.75, 3.05) is 17.7 Å². The fraction of sp³-hybridized carbons (Fsp3) is 0.143. The van der Waals surface area contributed by atoms with E-state index >= 15 is 0 Å². The summed E-state index contributed by atoms with van der Waals surface area (Å²) >= 11 is 6.03. The molecular weight excluding hydrogens is 262 g/mol. The third-order valence-corrected chi connectivity index (χ3v) is 3.26. The minimum atomic E-state index is -0.197. The number of hydrogen-bond donors (Lipinski definition) is 2. The van der Waals surface area contributed by atoms with Crippen molar-refractivity contribution in [3.8, 4) is 0 Å². The Labute approximate surface area is 116 Å². The molecule has 0 saturated carbocycles. The lowest BCUT2D eigenvalue weighted by molar-refractivity contribution is 0.102. The SMILES string of the molecule is CNc1cnccc1C(=O)Nc1cccc(Cl)c1C. The summed E-state index contributed by atoms with van der Waals surface area (Å²) in [5.41, 5.74) is 2.77. The highest BCUT2D eigenvalue weighted by molar-refractivity contribution is 6.31. The van der Waals surface area contributed by atoms with E-state index in [4.69, 9.17) is 11.6 Å². The van der Waals surface area contributed by atoms with Gasteiger partial charge in [0.05, 0.1) is 17.4 Å². The maximum atomic E-state index is 12.2. The minimum absolute atomic E-state index is 0.197. The van der Waals surface area contributed by atoms with E-state index in [1.807, 2.05) is 13.0 Å². The van der Waals surface area contributed by atoms with Crippen LogP contribution in [-0.4, -0.2) is 17.9 Å². The van der Waals surface area contributed by atoms with Gasteiger partial charge in [0.25, 0.3) is 5.91 Å². The third-order valence-electron chi connectivity index (χ3n) is 2.85. The van der Waals surface area contributed by atoms with Crippen LogP contribution in [-0.2, 0) is 0 Å². The highest BCUT2D eigenvalue weighted by Crippen LogP contribution is 2.24. The van der Waals surface area contributed by atoms with Crippen LogP contribution in [0.3, 0.4) is 0 Å². The quantitative estimate of drug-likeness (QED) is 0.903. The van der Waals surface area contributed by atoms with Crippen molar-refractivity contribution in [2.24, 2.45) is 0 Å². The molecule has 0 aliphatic rings. The molecule has 0 aliphatic heterocycles. The summed E-state index contributed by atoms with van der Waals surface area (Å²) in [6, 6.07) is 7.08. The van der Waals surface area contributed by atoms with Crippen LogP contribution in [0.1, 0.15) is 15.9 Å². The molecule has 2 aromatic rings. The zero-order valence-electron chi connectivity index (χ0n) is 10.7. The molecule has 1 heterocycles. The number of halogens is 1. The van der Waals surface area contributed by atoms with Crippen molar-refractivity contribution in [1.29, 1.82) is 0 Å². The van der Waals surface area contributed by atoms with Crippen LogP contribution >= 0.6 is 11.6 Å². The Morgan fingerprint density at radius 2 is 2.05 bits per heavy atom. The van der Waals surface area contributed by atoms with Crippen LogP contribution in [0.2, 0.25) is 5.02 Å². The van der Waals surface area contributed by atoms with E-state index in [-0.39, 0.29) is 5.91 Å². The topological polar surface area (TPSA) is 54.0 Å². The molecule has 2 N–H and O–H groups in total. The van der Waals surface area contributed by atoms with Gasteiger partial charge in [-0.15, -0.1) is 0 Å². The third kappa shape index (κ3) is 2.85. The number of aromatic nitrogens is 1. The van der Waals surface area contributed by atoms with E-state index in [0.717, 1.165) is 5.56 Å². The summed E-state index contributed by atoms with van der Waals surface area (Å²) in [6.07, 6.45) is 3.19. The number of nitrogens with one attached hydrogen (secondary N) is 2. The first-order valence-corrected chi connectivity index (χ1v) is 6.19. The highest BCUT2D eigenvalue weighted by Gasteiger charge is 2.12. The molecule has 4 nitrogen and oxygen atoms in total. The number of carbonyl (C=O) groups is 1. The molecule has 1 aromatic carbocycles. The summed E-state index contributed by atoms with van der Waals surface area (Å²) in [7, 11) is 1.75. The van der Waals surface area contributed by atoms with Crippen LogP contribution in [0.15, 0.2) is 36.7 Å². The van der Waals surface area contributed by atoms with E-state index < -0.39 is 0 Å². The van der Waals surface area contributed by atoms with E-state index in [1.54, 1.807) is 37.6 Å². The molecular formula is C14H14ClN3O. The predicted molar refractivity (Wildman–Crippen MR) is 77.9 cm³/mol. The first kappa shape index (κ1) is 13.4. The summed E-state index contributed by atoms with van der Waals surface area (Å²) in [5.74, 6) is -0.197. The Morgan fingerprint density at radius 3 is 2.79 bits per heavy atom. The second-order valence-electron chi connectivity index (χ2n) is 4.04. The molecule has 0 radical (unpaired) electrons. The number of pyridine rings is 1. The van der Waals surface area contributed by atoms with Gasteiger partial charge in [-0.2, -0.15) is 0 Å². The number of anilines is 2. The van der Waals surface area contributed by atoms with Gasteiger partial charge in [-0.05, 0) is 30.7 Å². The van der Waals surface area contributed by atoms with E-state index in [1.165, 1.54) is 0 Å². The van der Waals surface area contributed by atoms with Gasteiger partial charge >= 0.3 is 0 Å². The zero-order valence-corrected chi connectivity index (χ0v) is 11.5. The smallest absolute Gasteiger partial charge is 0.257 e. The molecule has 0 atom stereocenters. The number of carbonyl (C=O) groups excluding carboxylic acids is 1. The van der Waals surface area contributed by atoms with Crippen LogP contribution in [0.25, 0.3) is 0 Å². The van der Waals surface area contributed by atoms with Gasteiger partial charge in [-0.1, -0.05) is 17.7 Å². The van der Waals surface area contributed by atoms with Crippen molar-refractivity contribution in [3.63, 3.8) is 0 Å². The minimum Gasteiger partial charge on any atom is -0.386 e. The standard InChI is InChI=1S/C14H14ClN3O/c1-9-11(15)4-3-5-12(9)18-14(19)10-6-7-17-8-13(10)16-2/h3-8,16H,1-2H3,(H,18,19). The fourth-order valence-corrected chi connectivity index (χ4v) is 1.90. The summed E-state index contributed by atoms with van der Waals surface area (Å²) in [5, 5.41) is 6.42. The van der Waals surface area contributed by atoms with Gasteiger partial charge in [0, 0.05) is 24.0 Å². The van der Waals surface area contributed by atoms with Gasteiger partial charge in [-0.3, -0.25) is 9.78 Å². The largest absolute Gasteiger partial charge is 0.386 e. The summed E-state index contributed by atoms with van der Waals surface area (Å²) in [4.78, 5) is 16.2. The van der Waals surface area contributed by atoms with E-state index in [0.29, 0.717) is 22.0 Å². The molecule has 2 rings (SSSR count). The molecule has 5 heteroatoms. The number of benzene rings is 1. The first-order valence-electron chi connectivity index (χ1n) is 5.81. The molecule has 1 amide bonds. The van der Waals surface area contributed by atoms with Crippen molar-refractivity contribution in [3.05, 3.63) is 52.8 Å². The average molecular weight is 276 g/mol. The van der Waals surface area contributed by atoms with Crippen molar-refractivity contribution < 1.29 is 4.79 Å². The van der Waals surface area contributed by atoms with Crippen LogP contribution in [0, 0.1) is 6.92 Å². The second kappa shape index (κ2) is 5.71. The lowest BCUT2D eigenvalue weighted by Crippen LogP contribution is -2.15. The monoisotopic (exact) mass is 275 g/mol. The molecule has 0 saturated heterocycles. The molecule has 0 fully saturated rings. The normalized spacial score (nSPS) is 10.1. The Bertz CT molecular complexity index is 613. The van der Waals surface area contributed by atoms with E-state index in [9.17, 15) is 4.79 Å². The Hall–Kier alpha value is -2.07. The van der Waals surface area contributed by atoms with Gasteiger partial charge in [0.1, 0.15) is 0 Å². The maximum absolute atomic E-state index is 12.2. The van der Waals surface area contributed by atoms with Gasteiger partial charge in [0.2, 0.25) is 0 Å². The predicted octanol–water partition coefficient (Wildman–Crippen LogP) is 3.34. The Balaban J connectivity index is 2.28.